The molecule has 0 aliphatic carbocycles. The number of thiophene rings is 1. The van der Waals surface area contributed by atoms with E-state index in [2.05, 4.69) is 10.1 Å². The summed E-state index contributed by atoms with van der Waals surface area (Å²) in [7, 11) is 1.83. The van der Waals surface area contributed by atoms with Crippen LogP contribution < -0.4 is 0 Å². The number of benzene rings is 1. The Morgan fingerprint density at radius 3 is 2.75 bits per heavy atom. The monoisotopic (exact) mass is 341 g/mol. The number of carbonyl (C=O) groups is 1. The Morgan fingerprint density at radius 2 is 2.04 bits per heavy atom. The molecule has 0 aliphatic rings. The second-order valence-corrected chi connectivity index (χ2v) is 6.55. The number of aryl methyl sites for hydroxylation is 1. The lowest BCUT2D eigenvalue weighted by atomic mass is 10.2. The third-order valence-corrected chi connectivity index (χ3v) is 5.02. The van der Waals surface area contributed by atoms with Gasteiger partial charge in [0, 0.05) is 30.3 Å². The van der Waals surface area contributed by atoms with Gasteiger partial charge < -0.3 is 9.42 Å². The maximum absolute atomic E-state index is 12.4. The summed E-state index contributed by atoms with van der Waals surface area (Å²) in [6.45, 7) is 2.03. The van der Waals surface area contributed by atoms with Crippen LogP contribution in [-0.4, -0.2) is 28.0 Å². The molecular formula is C18H19N3O2S. The number of aromatic nitrogens is 2. The highest BCUT2D eigenvalue weighted by Crippen LogP contribution is 2.24. The van der Waals surface area contributed by atoms with E-state index in [-0.39, 0.29) is 11.9 Å². The van der Waals surface area contributed by atoms with Gasteiger partial charge in [-0.05, 0) is 18.4 Å². The fourth-order valence-electron chi connectivity index (χ4n) is 2.39. The summed E-state index contributed by atoms with van der Waals surface area (Å²) in [5.41, 5.74) is 0.905. The summed E-state index contributed by atoms with van der Waals surface area (Å²) in [5.74, 6) is 1.10. The Hall–Kier alpha value is -2.47. The van der Waals surface area contributed by atoms with Gasteiger partial charge in [-0.15, -0.1) is 11.3 Å². The number of hydrogen-bond donors (Lipinski definition) is 0. The van der Waals surface area contributed by atoms with E-state index in [0.29, 0.717) is 24.6 Å². The van der Waals surface area contributed by atoms with E-state index in [0.717, 1.165) is 5.56 Å². The number of amides is 1. The SMILES string of the molecule is CC(c1cccs1)N(C)C(=O)CCc1nc(-c2ccccc2)no1. The van der Waals surface area contributed by atoms with Crippen molar-refractivity contribution in [2.24, 2.45) is 0 Å². The smallest absolute Gasteiger partial charge is 0.227 e. The molecule has 0 spiro atoms. The second-order valence-electron chi connectivity index (χ2n) is 5.57. The average molecular weight is 341 g/mol. The van der Waals surface area contributed by atoms with Crippen molar-refractivity contribution in [2.45, 2.75) is 25.8 Å². The molecule has 0 saturated carbocycles. The maximum atomic E-state index is 12.4. The molecule has 2 aromatic heterocycles. The van der Waals surface area contributed by atoms with Crippen molar-refractivity contribution in [1.82, 2.24) is 15.0 Å². The normalized spacial score (nSPS) is 12.1. The van der Waals surface area contributed by atoms with Crippen LogP contribution in [0.25, 0.3) is 11.4 Å². The van der Waals surface area contributed by atoms with Crippen molar-refractivity contribution < 1.29 is 9.32 Å². The number of nitrogens with zero attached hydrogens (tertiary/aromatic N) is 3. The van der Waals surface area contributed by atoms with Gasteiger partial charge in [0.15, 0.2) is 0 Å². The Balaban J connectivity index is 1.58. The predicted octanol–water partition coefficient (Wildman–Crippen LogP) is 3.95. The van der Waals surface area contributed by atoms with Gasteiger partial charge >= 0.3 is 0 Å². The molecule has 1 aromatic carbocycles. The van der Waals surface area contributed by atoms with E-state index in [1.54, 1.807) is 16.2 Å². The topological polar surface area (TPSA) is 59.2 Å². The Bertz CT molecular complexity index is 784. The van der Waals surface area contributed by atoms with Gasteiger partial charge in [-0.1, -0.05) is 41.6 Å². The minimum atomic E-state index is 0.0651. The highest BCUT2D eigenvalue weighted by Gasteiger charge is 2.19. The van der Waals surface area contributed by atoms with Gasteiger partial charge in [0.2, 0.25) is 17.6 Å². The minimum absolute atomic E-state index is 0.0651. The number of rotatable bonds is 6. The van der Waals surface area contributed by atoms with Crippen LogP contribution in [-0.2, 0) is 11.2 Å². The van der Waals surface area contributed by atoms with E-state index in [1.807, 2.05) is 61.8 Å². The van der Waals surface area contributed by atoms with Crippen LogP contribution in [0.5, 0.6) is 0 Å². The lowest BCUT2D eigenvalue weighted by molar-refractivity contribution is -0.131. The molecule has 0 saturated heterocycles. The highest BCUT2D eigenvalue weighted by molar-refractivity contribution is 7.10. The number of hydrogen-bond acceptors (Lipinski definition) is 5. The molecule has 24 heavy (non-hydrogen) atoms. The van der Waals surface area contributed by atoms with Gasteiger partial charge in [0.05, 0.1) is 6.04 Å². The van der Waals surface area contributed by atoms with Crippen molar-refractivity contribution in [3.8, 4) is 11.4 Å². The molecular weight excluding hydrogens is 322 g/mol. The van der Waals surface area contributed by atoms with Crippen molar-refractivity contribution in [2.75, 3.05) is 7.05 Å². The Morgan fingerprint density at radius 1 is 1.25 bits per heavy atom. The molecule has 2 heterocycles. The quantitative estimate of drug-likeness (QED) is 0.681. The molecule has 1 atom stereocenters. The lowest BCUT2D eigenvalue weighted by Gasteiger charge is -2.23. The predicted molar refractivity (Wildman–Crippen MR) is 93.6 cm³/mol. The largest absolute Gasteiger partial charge is 0.339 e. The fourth-order valence-corrected chi connectivity index (χ4v) is 3.21. The standard InChI is InChI=1S/C18H19N3O2S/c1-13(15-9-6-12-24-15)21(2)17(22)11-10-16-19-18(20-23-16)14-7-4-3-5-8-14/h3-9,12-13H,10-11H2,1-2H3. The molecule has 0 aliphatic heterocycles. The first kappa shape index (κ1) is 16.4. The molecule has 0 fully saturated rings. The molecule has 1 unspecified atom stereocenters. The molecule has 5 nitrogen and oxygen atoms in total. The summed E-state index contributed by atoms with van der Waals surface area (Å²) >= 11 is 1.66. The van der Waals surface area contributed by atoms with Gasteiger partial charge in [0.1, 0.15) is 0 Å². The molecule has 0 radical (unpaired) electrons. The summed E-state index contributed by atoms with van der Waals surface area (Å²) < 4.78 is 5.25. The first-order valence-corrected chi connectivity index (χ1v) is 8.70. The van der Waals surface area contributed by atoms with Crippen LogP contribution in [0, 0.1) is 0 Å². The zero-order valence-corrected chi connectivity index (χ0v) is 14.5. The summed E-state index contributed by atoms with van der Waals surface area (Å²) in [6, 6.07) is 13.8. The van der Waals surface area contributed by atoms with Crippen LogP contribution in [0.3, 0.4) is 0 Å². The average Bonchev–Trinajstić information content (AvgIpc) is 3.31. The van der Waals surface area contributed by atoms with Crippen LogP contribution in [0.1, 0.15) is 30.2 Å². The van der Waals surface area contributed by atoms with E-state index in [9.17, 15) is 4.79 Å². The first-order chi connectivity index (χ1) is 11.6. The zero-order chi connectivity index (χ0) is 16.9. The van der Waals surface area contributed by atoms with Crippen molar-refractivity contribution in [3.63, 3.8) is 0 Å². The Kier molecular flexibility index (Phi) is 5.05. The highest BCUT2D eigenvalue weighted by atomic mass is 32.1. The fraction of sp³-hybridized carbons (Fsp3) is 0.278. The van der Waals surface area contributed by atoms with Crippen LogP contribution in [0.15, 0.2) is 52.4 Å². The van der Waals surface area contributed by atoms with Crippen LogP contribution >= 0.6 is 11.3 Å². The third kappa shape index (κ3) is 3.71. The molecule has 0 bridgehead atoms. The second kappa shape index (κ2) is 7.40. The Labute approximate surface area is 144 Å². The summed E-state index contributed by atoms with van der Waals surface area (Å²) in [4.78, 5) is 19.7. The lowest BCUT2D eigenvalue weighted by Crippen LogP contribution is -2.29. The van der Waals surface area contributed by atoms with E-state index >= 15 is 0 Å². The van der Waals surface area contributed by atoms with Gasteiger partial charge in [0.25, 0.3) is 0 Å². The summed E-state index contributed by atoms with van der Waals surface area (Å²) in [6.07, 6.45) is 0.794. The molecule has 0 N–H and O–H groups in total. The summed E-state index contributed by atoms with van der Waals surface area (Å²) in [5, 5.41) is 6.00. The first-order valence-electron chi connectivity index (χ1n) is 7.82. The molecule has 6 heteroatoms. The van der Waals surface area contributed by atoms with E-state index in [4.69, 9.17) is 4.52 Å². The van der Waals surface area contributed by atoms with Crippen molar-refractivity contribution >= 4 is 17.2 Å². The van der Waals surface area contributed by atoms with E-state index < -0.39 is 0 Å². The van der Waals surface area contributed by atoms with Gasteiger partial charge in [-0.2, -0.15) is 4.98 Å². The molecule has 3 rings (SSSR count). The van der Waals surface area contributed by atoms with Gasteiger partial charge in [-0.3, -0.25) is 4.79 Å². The minimum Gasteiger partial charge on any atom is -0.339 e. The van der Waals surface area contributed by atoms with E-state index in [1.165, 1.54) is 4.88 Å². The number of carbonyl (C=O) groups excluding carboxylic acids is 1. The third-order valence-electron chi connectivity index (χ3n) is 3.98. The van der Waals surface area contributed by atoms with Crippen molar-refractivity contribution in [1.29, 1.82) is 0 Å². The maximum Gasteiger partial charge on any atom is 0.227 e. The molecule has 124 valence electrons. The van der Waals surface area contributed by atoms with Gasteiger partial charge in [-0.25, -0.2) is 0 Å². The van der Waals surface area contributed by atoms with Crippen LogP contribution in [0.2, 0.25) is 0 Å². The van der Waals surface area contributed by atoms with Crippen molar-refractivity contribution in [3.05, 3.63) is 58.6 Å². The molecule has 3 aromatic rings. The molecule has 1 amide bonds. The van der Waals surface area contributed by atoms with Crippen LogP contribution in [0.4, 0.5) is 0 Å². The zero-order valence-electron chi connectivity index (χ0n) is 13.7.